The van der Waals surface area contributed by atoms with Gasteiger partial charge in [-0.3, -0.25) is 13.9 Å². The van der Waals surface area contributed by atoms with Crippen molar-refractivity contribution >= 4 is 50.7 Å². The summed E-state index contributed by atoms with van der Waals surface area (Å²) in [5, 5.41) is 3.40. The van der Waals surface area contributed by atoms with E-state index >= 15 is 0 Å². The van der Waals surface area contributed by atoms with E-state index in [-0.39, 0.29) is 40.6 Å². The third kappa shape index (κ3) is 9.11. The third-order valence-corrected chi connectivity index (χ3v) is 8.51. The van der Waals surface area contributed by atoms with Crippen LogP contribution in [0.15, 0.2) is 72.8 Å². The highest BCUT2D eigenvalue weighted by atomic mass is 35.5. The molecule has 3 rings (SSSR count). The van der Waals surface area contributed by atoms with Gasteiger partial charge < -0.3 is 15.0 Å². The molecule has 11 heteroatoms. The molecule has 220 valence electrons. The lowest BCUT2D eigenvalue weighted by Gasteiger charge is -2.34. The summed E-state index contributed by atoms with van der Waals surface area (Å²) in [6.45, 7) is 3.34. The maximum atomic E-state index is 14.1. The largest absolute Gasteiger partial charge is 0.497 e. The zero-order chi connectivity index (χ0) is 30.2. The van der Waals surface area contributed by atoms with Crippen molar-refractivity contribution in [2.75, 3.05) is 24.2 Å². The van der Waals surface area contributed by atoms with Crippen LogP contribution in [0.25, 0.3) is 0 Å². The second kappa shape index (κ2) is 14.6. The van der Waals surface area contributed by atoms with E-state index in [1.165, 1.54) is 23.1 Å². The fraction of sp³-hybridized carbons (Fsp3) is 0.333. The van der Waals surface area contributed by atoms with Crippen LogP contribution in [-0.2, 0) is 32.6 Å². The van der Waals surface area contributed by atoms with Crippen molar-refractivity contribution in [1.82, 2.24) is 10.2 Å². The number of sulfonamides is 1. The average molecular weight is 621 g/mol. The quantitative estimate of drug-likeness (QED) is 0.279. The lowest BCUT2D eigenvalue weighted by Crippen LogP contribution is -2.54. The Labute approximate surface area is 252 Å². The van der Waals surface area contributed by atoms with Crippen LogP contribution in [0.3, 0.4) is 0 Å². The highest BCUT2D eigenvalue weighted by Crippen LogP contribution is 2.29. The van der Waals surface area contributed by atoms with Crippen molar-refractivity contribution in [3.05, 3.63) is 94.0 Å². The number of hydrogen-bond donors (Lipinski definition) is 1. The number of carbonyl (C=O) groups excluding carboxylic acids is 2. The third-order valence-electron chi connectivity index (χ3n) is 6.63. The van der Waals surface area contributed by atoms with Crippen molar-refractivity contribution in [1.29, 1.82) is 0 Å². The molecule has 0 saturated heterocycles. The van der Waals surface area contributed by atoms with Crippen LogP contribution in [0.1, 0.15) is 31.4 Å². The summed E-state index contributed by atoms with van der Waals surface area (Å²) in [7, 11) is -2.38. The minimum absolute atomic E-state index is 0.0421. The summed E-state index contributed by atoms with van der Waals surface area (Å²) in [4.78, 5) is 29.3. The van der Waals surface area contributed by atoms with E-state index in [9.17, 15) is 18.0 Å². The average Bonchev–Trinajstić information content (AvgIpc) is 2.94. The van der Waals surface area contributed by atoms with Crippen LogP contribution in [-0.4, -0.2) is 57.1 Å². The molecule has 1 N–H and O–H groups in total. The topological polar surface area (TPSA) is 96.0 Å². The first kappa shape index (κ1) is 32.2. The molecule has 0 saturated carbocycles. The van der Waals surface area contributed by atoms with Crippen LogP contribution in [0, 0.1) is 0 Å². The normalized spacial score (nSPS) is 12.7. The molecule has 0 unspecified atom stereocenters. The Morgan fingerprint density at radius 3 is 2.24 bits per heavy atom. The fourth-order valence-corrected chi connectivity index (χ4v) is 5.35. The molecule has 0 aliphatic rings. The molecule has 0 heterocycles. The molecule has 8 nitrogen and oxygen atoms in total. The number of ether oxygens (including phenoxy) is 1. The van der Waals surface area contributed by atoms with Gasteiger partial charge in [0.25, 0.3) is 0 Å². The lowest BCUT2D eigenvalue weighted by molar-refractivity contribution is -0.140. The van der Waals surface area contributed by atoms with Gasteiger partial charge in [-0.2, -0.15) is 0 Å². The highest BCUT2D eigenvalue weighted by Gasteiger charge is 2.33. The fourth-order valence-electron chi connectivity index (χ4n) is 4.22. The zero-order valence-electron chi connectivity index (χ0n) is 23.5. The van der Waals surface area contributed by atoms with Crippen molar-refractivity contribution < 1.29 is 22.7 Å². The summed E-state index contributed by atoms with van der Waals surface area (Å²) in [6.07, 6.45) is 1.93. The van der Waals surface area contributed by atoms with Gasteiger partial charge in [-0.1, -0.05) is 72.6 Å². The van der Waals surface area contributed by atoms with Crippen molar-refractivity contribution in [2.24, 2.45) is 0 Å². The molecule has 2 atom stereocenters. The van der Waals surface area contributed by atoms with E-state index in [0.717, 1.165) is 16.1 Å². The molecule has 0 bridgehead atoms. The molecular weight excluding hydrogens is 585 g/mol. The molecule has 2 amide bonds. The predicted octanol–water partition coefficient (Wildman–Crippen LogP) is 5.32. The van der Waals surface area contributed by atoms with Gasteiger partial charge in [-0.15, -0.1) is 0 Å². The number of nitrogens with zero attached hydrogens (tertiary/aromatic N) is 2. The van der Waals surface area contributed by atoms with Crippen LogP contribution >= 0.6 is 23.2 Å². The number of methoxy groups -OCH3 is 1. The van der Waals surface area contributed by atoms with Gasteiger partial charge in [0.05, 0.1) is 29.1 Å². The van der Waals surface area contributed by atoms with Gasteiger partial charge in [-0.25, -0.2) is 8.42 Å². The molecule has 0 spiro atoms. The summed E-state index contributed by atoms with van der Waals surface area (Å²) < 4.78 is 32.1. The van der Waals surface area contributed by atoms with Gasteiger partial charge in [-0.05, 0) is 54.8 Å². The second-order valence-electron chi connectivity index (χ2n) is 9.76. The Morgan fingerprint density at radius 2 is 1.63 bits per heavy atom. The van der Waals surface area contributed by atoms with Crippen molar-refractivity contribution in [3.63, 3.8) is 0 Å². The van der Waals surface area contributed by atoms with E-state index in [1.807, 2.05) is 50.2 Å². The Balaban J connectivity index is 2.08. The number of halogens is 2. The predicted molar refractivity (Wildman–Crippen MR) is 164 cm³/mol. The molecular formula is C30H35Cl2N3O5S. The van der Waals surface area contributed by atoms with E-state index in [2.05, 4.69) is 5.32 Å². The maximum Gasteiger partial charge on any atom is 0.244 e. The first-order valence-corrected chi connectivity index (χ1v) is 15.7. The smallest absolute Gasteiger partial charge is 0.244 e. The van der Waals surface area contributed by atoms with Gasteiger partial charge in [0.1, 0.15) is 18.3 Å². The zero-order valence-corrected chi connectivity index (χ0v) is 25.8. The van der Waals surface area contributed by atoms with Crippen molar-refractivity contribution in [2.45, 2.75) is 45.3 Å². The Bertz CT molecular complexity index is 1450. The van der Waals surface area contributed by atoms with Crippen LogP contribution in [0.2, 0.25) is 10.0 Å². The molecule has 0 fully saturated rings. The Kier molecular flexibility index (Phi) is 11.5. The van der Waals surface area contributed by atoms with Crippen LogP contribution in [0.4, 0.5) is 5.69 Å². The summed E-state index contributed by atoms with van der Waals surface area (Å²) in [6, 6.07) is 19.8. The number of hydrogen-bond acceptors (Lipinski definition) is 5. The van der Waals surface area contributed by atoms with E-state index in [1.54, 1.807) is 25.3 Å². The molecule has 0 radical (unpaired) electrons. The molecule has 0 aliphatic heterocycles. The minimum atomic E-state index is -3.92. The van der Waals surface area contributed by atoms with E-state index in [0.29, 0.717) is 17.7 Å². The first-order valence-electron chi connectivity index (χ1n) is 13.1. The summed E-state index contributed by atoms with van der Waals surface area (Å²) >= 11 is 12.2. The first-order chi connectivity index (χ1) is 19.4. The van der Waals surface area contributed by atoms with Gasteiger partial charge in [0.2, 0.25) is 21.8 Å². The maximum absolute atomic E-state index is 14.1. The second-order valence-corrected chi connectivity index (χ2v) is 12.5. The molecule has 0 aliphatic carbocycles. The Hall–Kier alpha value is -3.27. The SMILES string of the molecule is CC[C@H](C)NC(=O)[C@@H](Cc1ccccc1)N(Cc1cccc(OC)c1)C(=O)CN(c1ccc(Cl)c(Cl)c1)S(C)(=O)=O. The van der Waals surface area contributed by atoms with Gasteiger partial charge in [0.15, 0.2) is 0 Å². The highest BCUT2D eigenvalue weighted by molar-refractivity contribution is 7.92. The van der Waals surface area contributed by atoms with Crippen molar-refractivity contribution in [3.8, 4) is 5.75 Å². The number of anilines is 1. The van der Waals surface area contributed by atoms with Crippen LogP contribution in [0.5, 0.6) is 5.75 Å². The molecule has 3 aromatic carbocycles. The molecule has 3 aromatic rings. The monoisotopic (exact) mass is 619 g/mol. The van der Waals surface area contributed by atoms with Crippen LogP contribution < -0.4 is 14.4 Å². The number of nitrogens with one attached hydrogen (secondary N) is 1. The molecule has 41 heavy (non-hydrogen) atoms. The number of benzene rings is 3. The lowest BCUT2D eigenvalue weighted by atomic mass is 10.0. The Morgan fingerprint density at radius 1 is 0.951 bits per heavy atom. The van der Waals surface area contributed by atoms with E-state index < -0.39 is 28.5 Å². The summed E-state index contributed by atoms with van der Waals surface area (Å²) in [5.41, 5.74) is 1.75. The summed E-state index contributed by atoms with van der Waals surface area (Å²) in [5.74, 6) is -0.309. The van der Waals surface area contributed by atoms with Gasteiger partial charge >= 0.3 is 0 Å². The van der Waals surface area contributed by atoms with E-state index in [4.69, 9.17) is 27.9 Å². The number of amides is 2. The standard InChI is InChI=1S/C30H35Cl2N3O5S/c1-5-21(2)33-30(37)28(17-22-10-7-6-8-11-22)34(19-23-12-9-13-25(16-23)40-3)29(36)20-35(41(4,38)39)24-14-15-26(31)27(32)18-24/h6-16,18,21,28H,5,17,19-20H2,1-4H3,(H,33,37)/t21-,28+/m0/s1. The molecule has 0 aromatic heterocycles. The van der Waals surface area contributed by atoms with Gasteiger partial charge in [0, 0.05) is 19.0 Å². The minimum Gasteiger partial charge on any atom is -0.497 e. The number of carbonyl (C=O) groups is 2. The number of rotatable bonds is 13.